The third-order valence-corrected chi connectivity index (χ3v) is 5.10. The van der Waals surface area contributed by atoms with E-state index in [4.69, 9.17) is 5.14 Å². The normalized spacial score (nSPS) is 11.4. The van der Waals surface area contributed by atoms with Gasteiger partial charge in [0.05, 0.1) is 4.90 Å². The highest BCUT2D eigenvalue weighted by Gasteiger charge is 2.18. The Morgan fingerprint density at radius 2 is 1.56 bits per heavy atom. The van der Waals surface area contributed by atoms with Crippen LogP contribution < -0.4 is 10.5 Å². The van der Waals surface area contributed by atoms with Crippen LogP contribution in [0.15, 0.2) is 53.4 Å². The summed E-state index contributed by atoms with van der Waals surface area (Å²) in [5.74, 6) is 0.343. The number of primary sulfonamides is 1. The molecule has 27 heavy (non-hydrogen) atoms. The fraction of sp³-hybridized carbons (Fsp3) is 0.200. The molecule has 2 aromatic carbocycles. The summed E-state index contributed by atoms with van der Waals surface area (Å²) in [6.45, 7) is 6.34. The SMILES string of the molecule is Cc1ccc(CNc2ccc(S(N)(=O)=O)c(-c3nc(C)cc(C)n3)c2)cc1. The van der Waals surface area contributed by atoms with E-state index in [1.807, 2.05) is 26.8 Å². The highest BCUT2D eigenvalue weighted by molar-refractivity contribution is 7.89. The van der Waals surface area contributed by atoms with Crippen LogP contribution in [0.4, 0.5) is 5.69 Å². The van der Waals surface area contributed by atoms with E-state index in [9.17, 15) is 8.42 Å². The summed E-state index contributed by atoms with van der Waals surface area (Å²) in [4.78, 5) is 8.79. The molecule has 0 radical (unpaired) electrons. The lowest BCUT2D eigenvalue weighted by Gasteiger charge is -2.12. The molecule has 3 N–H and O–H groups in total. The number of nitrogens with one attached hydrogen (secondary N) is 1. The summed E-state index contributed by atoms with van der Waals surface area (Å²) in [7, 11) is -3.90. The highest BCUT2D eigenvalue weighted by Crippen LogP contribution is 2.28. The van der Waals surface area contributed by atoms with Crippen molar-refractivity contribution in [3.63, 3.8) is 0 Å². The van der Waals surface area contributed by atoms with Gasteiger partial charge in [-0.1, -0.05) is 29.8 Å². The summed E-state index contributed by atoms with van der Waals surface area (Å²) >= 11 is 0. The zero-order valence-corrected chi connectivity index (χ0v) is 16.3. The molecule has 0 atom stereocenters. The van der Waals surface area contributed by atoms with E-state index in [1.54, 1.807) is 12.1 Å². The first-order chi connectivity index (χ1) is 12.7. The molecule has 0 fully saturated rings. The largest absolute Gasteiger partial charge is 0.381 e. The molecule has 7 heteroatoms. The lowest BCUT2D eigenvalue weighted by molar-refractivity contribution is 0.598. The maximum atomic E-state index is 12.0. The van der Waals surface area contributed by atoms with Gasteiger partial charge in [-0.25, -0.2) is 23.5 Å². The lowest BCUT2D eigenvalue weighted by Crippen LogP contribution is -2.14. The maximum absolute atomic E-state index is 12.0. The van der Waals surface area contributed by atoms with Crippen molar-refractivity contribution >= 4 is 15.7 Å². The molecule has 0 aliphatic heterocycles. The minimum Gasteiger partial charge on any atom is -0.381 e. The van der Waals surface area contributed by atoms with E-state index in [1.165, 1.54) is 11.6 Å². The van der Waals surface area contributed by atoms with Crippen molar-refractivity contribution in [3.05, 3.63) is 71.0 Å². The molecule has 0 spiro atoms. The number of hydrogen-bond donors (Lipinski definition) is 2. The van der Waals surface area contributed by atoms with Crippen LogP contribution in [-0.2, 0) is 16.6 Å². The Labute approximate surface area is 159 Å². The lowest BCUT2D eigenvalue weighted by atomic mass is 10.1. The standard InChI is InChI=1S/C20H22N4O2S/c1-13-4-6-16(7-5-13)12-22-17-8-9-19(27(21,25)26)18(11-17)20-23-14(2)10-15(3)24-20/h4-11,22H,12H2,1-3H3,(H2,21,25,26). The van der Waals surface area contributed by atoms with Gasteiger partial charge in [0.15, 0.2) is 5.82 Å². The monoisotopic (exact) mass is 382 g/mol. The molecule has 140 valence electrons. The third kappa shape index (κ3) is 4.69. The molecule has 0 saturated carbocycles. The number of aromatic nitrogens is 2. The molecular weight excluding hydrogens is 360 g/mol. The van der Waals surface area contributed by atoms with E-state index in [0.717, 1.165) is 22.6 Å². The van der Waals surface area contributed by atoms with Gasteiger partial charge in [0.25, 0.3) is 0 Å². The number of rotatable bonds is 5. The summed E-state index contributed by atoms with van der Waals surface area (Å²) < 4.78 is 24.0. The second kappa shape index (κ2) is 7.46. The predicted octanol–water partition coefficient (Wildman–Crippen LogP) is 3.33. The molecule has 1 heterocycles. The number of anilines is 1. The summed E-state index contributed by atoms with van der Waals surface area (Å²) in [5, 5.41) is 8.70. The van der Waals surface area contributed by atoms with E-state index in [2.05, 4.69) is 39.6 Å². The smallest absolute Gasteiger partial charge is 0.238 e. The van der Waals surface area contributed by atoms with E-state index in [-0.39, 0.29) is 4.90 Å². The Bertz CT molecular complexity index is 1060. The van der Waals surface area contributed by atoms with Crippen molar-refractivity contribution in [1.29, 1.82) is 0 Å². The number of benzene rings is 2. The average Bonchev–Trinajstić information content (AvgIpc) is 2.59. The van der Waals surface area contributed by atoms with Crippen molar-refractivity contribution in [2.24, 2.45) is 5.14 Å². The molecule has 0 bridgehead atoms. The number of sulfonamides is 1. The third-order valence-electron chi connectivity index (χ3n) is 4.13. The second-order valence-electron chi connectivity index (χ2n) is 6.57. The molecule has 3 aromatic rings. The molecule has 0 unspecified atom stereocenters. The van der Waals surface area contributed by atoms with Crippen LogP contribution in [-0.4, -0.2) is 18.4 Å². The fourth-order valence-electron chi connectivity index (χ4n) is 2.82. The van der Waals surface area contributed by atoms with E-state index in [0.29, 0.717) is 17.9 Å². The minimum atomic E-state index is -3.90. The molecule has 0 aliphatic rings. The maximum Gasteiger partial charge on any atom is 0.238 e. The van der Waals surface area contributed by atoms with Gasteiger partial charge in [0.2, 0.25) is 10.0 Å². The quantitative estimate of drug-likeness (QED) is 0.705. The highest BCUT2D eigenvalue weighted by atomic mass is 32.2. The Morgan fingerprint density at radius 3 is 2.15 bits per heavy atom. The van der Waals surface area contributed by atoms with Crippen LogP contribution in [0.1, 0.15) is 22.5 Å². The fourth-order valence-corrected chi connectivity index (χ4v) is 3.53. The average molecular weight is 382 g/mol. The molecule has 0 aliphatic carbocycles. The summed E-state index contributed by atoms with van der Waals surface area (Å²) in [6, 6.07) is 14.9. The first-order valence-corrected chi connectivity index (χ1v) is 10.1. The van der Waals surface area contributed by atoms with Crippen LogP contribution in [0.25, 0.3) is 11.4 Å². The van der Waals surface area contributed by atoms with Crippen LogP contribution in [0.3, 0.4) is 0 Å². The number of nitrogens with two attached hydrogens (primary N) is 1. The second-order valence-corrected chi connectivity index (χ2v) is 8.10. The molecular formula is C20H22N4O2S. The molecule has 0 saturated heterocycles. The molecule has 6 nitrogen and oxygen atoms in total. The van der Waals surface area contributed by atoms with Crippen molar-refractivity contribution in [1.82, 2.24) is 9.97 Å². The molecule has 1 aromatic heterocycles. The van der Waals surface area contributed by atoms with Gasteiger partial charge in [-0.15, -0.1) is 0 Å². The summed E-state index contributed by atoms with van der Waals surface area (Å²) in [6.07, 6.45) is 0. The van der Waals surface area contributed by atoms with E-state index >= 15 is 0 Å². The van der Waals surface area contributed by atoms with Gasteiger partial charge in [-0.3, -0.25) is 0 Å². The van der Waals surface area contributed by atoms with Gasteiger partial charge < -0.3 is 5.32 Å². The van der Waals surface area contributed by atoms with Crippen molar-refractivity contribution in [3.8, 4) is 11.4 Å². The van der Waals surface area contributed by atoms with Crippen LogP contribution >= 0.6 is 0 Å². The van der Waals surface area contributed by atoms with Gasteiger partial charge in [-0.05, 0) is 50.6 Å². The van der Waals surface area contributed by atoms with Crippen molar-refractivity contribution < 1.29 is 8.42 Å². The number of nitrogens with zero attached hydrogens (tertiary/aromatic N) is 2. The van der Waals surface area contributed by atoms with Gasteiger partial charge in [0, 0.05) is 29.2 Å². The van der Waals surface area contributed by atoms with Gasteiger partial charge >= 0.3 is 0 Å². The number of hydrogen-bond acceptors (Lipinski definition) is 5. The first-order valence-electron chi connectivity index (χ1n) is 8.51. The Kier molecular flexibility index (Phi) is 5.25. The van der Waals surface area contributed by atoms with Gasteiger partial charge in [0.1, 0.15) is 0 Å². The van der Waals surface area contributed by atoms with Gasteiger partial charge in [-0.2, -0.15) is 0 Å². The van der Waals surface area contributed by atoms with Crippen LogP contribution in [0, 0.1) is 20.8 Å². The Balaban J connectivity index is 1.99. The Hall–Kier alpha value is -2.77. The summed E-state index contributed by atoms with van der Waals surface area (Å²) in [5.41, 5.74) is 5.00. The van der Waals surface area contributed by atoms with Crippen molar-refractivity contribution in [2.45, 2.75) is 32.2 Å². The topological polar surface area (TPSA) is 98.0 Å². The van der Waals surface area contributed by atoms with Crippen LogP contribution in [0.5, 0.6) is 0 Å². The first kappa shape index (κ1) is 19.0. The zero-order valence-electron chi connectivity index (χ0n) is 15.5. The molecule has 0 amide bonds. The van der Waals surface area contributed by atoms with E-state index < -0.39 is 10.0 Å². The number of aryl methyl sites for hydroxylation is 3. The van der Waals surface area contributed by atoms with Crippen molar-refractivity contribution in [2.75, 3.05) is 5.32 Å². The zero-order chi connectivity index (χ0) is 19.6. The Morgan fingerprint density at radius 1 is 0.926 bits per heavy atom. The minimum absolute atomic E-state index is 0.00776. The molecule has 3 rings (SSSR count). The van der Waals surface area contributed by atoms with Crippen LogP contribution in [0.2, 0.25) is 0 Å². The predicted molar refractivity (Wildman–Crippen MR) is 107 cm³/mol.